The van der Waals surface area contributed by atoms with Crippen molar-refractivity contribution in [3.05, 3.63) is 0 Å². The zero-order chi connectivity index (χ0) is 14.3. The number of carbonyl (C=O) groups is 3. The number of ether oxygens (including phenoxy) is 1. The molecule has 0 aromatic carbocycles. The number of hydrogen-bond donors (Lipinski definition) is 3. The third kappa shape index (κ3) is 6.97. The molecule has 7 heteroatoms. The van der Waals surface area contributed by atoms with Crippen LogP contribution in [0.4, 0.5) is 0 Å². The van der Waals surface area contributed by atoms with Gasteiger partial charge in [-0.2, -0.15) is 0 Å². The van der Waals surface area contributed by atoms with Crippen molar-refractivity contribution in [2.24, 2.45) is 23.1 Å². The van der Waals surface area contributed by atoms with Gasteiger partial charge in [0.2, 0.25) is 5.91 Å². The molecule has 0 saturated heterocycles. The van der Waals surface area contributed by atoms with Gasteiger partial charge in [0.05, 0.1) is 0 Å². The highest BCUT2D eigenvalue weighted by Crippen LogP contribution is 2.05. The molecule has 0 radical (unpaired) electrons. The van der Waals surface area contributed by atoms with Gasteiger partial charge < -0.3 is 21.9 Å². The Morgan fingerprint density at radius 2 is 1.56 bits per heavy atom. The standard InChI is InChI=1S/C11H21N3O4/c1-6(2)5-8(13)11(17)18-10(16)7(12)3-4-9(14)15/h6-8H,3-5,12-13H2,1-2H3,(H2,14,15)/t7-,8+/m0/s1. The Hall–Kier alpha value is -1.47. The molecule has 0 saturated carbocycles. The lowest BCUT2D eigenvalue weighted by Crippen LogP contribution is -2.40. The van der Waals surface area contributed by atoms with Crippen LogP contribution in [0.15, 0.2) is 0 Å². The Bertz CT molecular complexity index is 317. The monoisotopic (exact) mass is 259 g/mol. The lowest BCUT2D eigenvalue weighted by molar-refractivity contribution is -0.161. The van der Waals surface area contributed by atoms with Crippen LogP contribution in [0.1, 0.15) is 33.1 Å². The van der Waals surface area contributed by atoms with Gasteiger partial charge in [-0.25, -0.2) is 9.59 Å². The Balaban J connectivity index is 4.13. The van der Waals surface area contributed by atoms with Gasteiger partial charge in [0, 0.05) is 6.42 Å². The highest BCUT2D eigenvalue weighted by Gasteiger charge is 2.23. The van der Waals surface area contributed by atoms with E-state index >= 15 is 0 Å². The molecule has 0 spiro atoms. The fourth-order valence-corrected chi connectivity index (χ4v) is 1.27. The molecule has 0 aromatic rings. The fraction of sp³-hybridized carbons (Fsp3) is 0.727. The fourth-order valence-electron chi connectivity index (χ4n) is 1.27. The van der Waals surface area contributed by atoms with Gasteiger partial charge in [-0.15, -0.1) is 0 Å². The van der Waals surface area contributed by atoms with Crippen LogP contribution in [-0.2, 0) is 19.1 Å². The van der Waals surface area contributed by atoms with E-state index in [1.54, 1.807) is 0 Å². The van der Waals surface area contributed by atoms with Gasteiger partial charge in [-0.3, -0.25) is 4.79 Å². The van der Waals surface area contributed by atoms with Crippen molar-refractivity contribution < 1.29 is 19.1 Å². The summed E-state index contributed by atoms with van der Waals surface area (Å²) in [6.45, 7) is 3.79. The number of carbonyl (C=O) groups excluding carboxylic acids is 3. The van der Waals surface area contributed by atoms with E-state index in [4.69, 9.17) is 17.2 Å². The van der Waals surface area contributed by atoms with E-state index in [0.29, 0.717) is 6.42 Å². The van der Waals surface area contributed by atoms with E-state index < -0.39 is 29.9 Å². The summed E-state index contributed by atoms with van der Waals surface area (Å²) in [6.07, 6.45) is 0.423. The van der Waals surface area contributed by atoms with Crippen LogP contribution in [0.25, 0.3) is 0 Å². The molecule has 0 aliphatic rings. The predicted octanol–water partition coefficient (Wildman–Crippen LogP) is -0.978. The zero-order valence-electron chi connectivity index (χ0n) is 10.7. The number of amides is 1. The normalized spacial score (nSPS) is 14.1. The van der Waals surface area contributed by atoms with E-state index in [9.17, 15) is 14.4 Å². The quantitative estimate of drug-likeness (QED) is 0.397. The minimum atomic E-state index is -1.05. The summed E-state index contributed by atoms with van der Waals surface area (Å²) in [5, 5.41) is 0. The second-order valence-corrected chi connectivity index (χ2v) is 4.59. The van der Waals surface area contributed by atoms with Crippen molar-refractivity contribution in [3.8, 4) is 0 Å². The topological polar surface area (TPSA) is 138 Å². The van der Waals surface area contributed by atoms with E-state index in [2.05, 4.69) is 4.74 Å². The van der Waals surface area contributed by atoms with Crippen LogP contribution in [0, 0.1) is 5.92 Å². The van der Waals surface area contributed by atoms with E-state index in [-0.39, 0.29) is 18.8 Å². The summed E-state index contributed by atoms with van der Waals surface area (Å²) < 4.78 is 4.53. The highest BCUT2D eigenvalue weighted by atomic mass is 16.6. The van der Waals surface area contributed by atoms with Crippen molar-refractivity contribution in [3.63, 3.8) is 0 Å². The number of esters is 2. The van der Waals surface area contributed by atoms with Crippen LogP contribution in [0.2, 0.25) is 0 Å². The van der Waals surface area contributed by atoms with E-state index in [1.807, 2.05) is 13.8 Å². The molecule has 1 amide bonds. The SMILES string of the molecule is CC(C)C[C@@H](N)C(=O)OC(=O)[C@@H](N)CCC(N)=O. The van der Waals surface area contributed by atoms with Gasteiger partial charge >= 0.3 is 11.9 Å². The third-order valence-electron chi connectivity index (χ3n) is 2.23. The smallest absolute Gasteiger partial charge is 0.330 e. The number of hydrogen-bond acceptors (Lipinski definition) is 6. The summed E-state index contributed by atoms with van der Waals surface area (Å²) in [7, 11) is 0. The molecule has 0 fully saturated rings. The average Bonchev–Trinajstić information content (AvgIpc) is 2.24. The molecule has 0 rings (SSSR count). The number of nitrogens with two attached hydrogens (primary N) is 3. The maximum atomic E-state index is 11.4. The molecule has 104 valence electrons. The first kappa shape index (κ1) is 16.5. The molecular weight excluding hydrogens is 238 g/mol. The first-order chi connectivity index (χ1) is 8.23. The summed E-state index contributed by atoms with van der Waals surface area (Å²) >= 11 is 0. The van der Waals surface area contributed by atoms with Crippen molar-refractivity contribution in [1.29, 1.82) is 0 Å². The Labute approximate surface area is 106 Å². The molecule has 0 bridgehead atoms. The zero-order valence-corrected chi connectivity index (χ0v) is 10.7. The van der Waals surface area contributed by atoms with Gasteiger partial charge in [0.15, 0.2) is 0 Å². The predicted molar refractivity (Wildman–Crippen MR) is 64.9 cm³/mol. The second kappa shape index (κ2) is 7.78. The summed E-state index contributed by atoms with van der Waals surface area (Å²) in [6, 6.07) is -1.90. The van der Waals surface area contributed by atoms with Crippen LogP contribution < -0.4 is 17.2 Å². The summed E-state index contributed by atoms with van der Waals surface area (Å²) in [5.74, 6) is -2.05. The third-order valence-corrected chi connectivity index (χ3v) is 2.23. The maximum absolute atomic E-state index is 11.4. The lowest BCUT2D eigenvalue weighted by atomic mass is 10.0. The lowest BCUT2D eigenvalue weighted by Gasteiger charge is -2.14. The molecular formula is C11H21N3O4. The minimum absolute atomic E-state index is 0.0392. The Morgan fingerprint density at radius 3 is 2.00 bits per heavy atom. The molecule has 0 aliphatic heterocycles. The van der Waals surface area contributed by atoms with Crippen LogP contribution in [-0.4, -0.2) is 29.9 Å². The van der Waals surface area contributed by atoms with Gasteiger partial charge in [-0.1, -0.05) is 13.8 Å². The average molecular weight is 259 g/mol. The number of rotatable bonds is 7. The molecule has 0 aromatic heterocycles. The molecule has 0 unspecified atom stereocenters. The molecule has 6 N–H and O–H groups in total. The maximum Gasteiger partial charge on any atom is 0.330 e. The van der Waals surface area contributed by atoms with Crippen molar-refractivity contribution in [1.82, 2.24) is 0 Å². The largest absolute Gasteiger partial charge is 0.391 e. The Kier molecular flexibility index (Phi) is 7.14. The van der Waals surface area contributed by atoms with Crippen molar-refractivity contribution >= 4 is 17.8 Å². The van der Waals surface area contributed by atoms with Gasteiger partial charge in [0.25, 0.3) is 0 Å². The second-order valence-electron chi connectivity index (χ2n) is 4.59. The first-order valence-corrected chi connectivity index (χ1v) is 5.79. The summed E-state index contributed by atoms with van der Waals surface area (Å²) in [4.78, 5) is 33.3. The molecule has 0 heterocycles. The molecule has 2 atom stereocenters. The van der Waals surface area contributed by atoms with Gasteiger partial charge in [-0.05, 0) is 18.8 Å². The van der Waals surface area contributed by atoms with Crippen molar-refractivity contribution in [2.45, 2.75) is 45.2 Å². The first-order valence-electron chi connectivity index (χ1n) is 5.79. The van der Waals surface area contributed by atoms with Gasteiger partial charge in [0.1, 0.15) is 12.1 Å². The van der Waals surface area contributed by atoms with Crippen LogP contribution >= 0.6 is 0 Å². The molecule has 18 heavy (non-hydrogen) atoms. The minimum Gasteiger partial charge on any atom is -0.391 e. The molecule has 7 nitrogen and oxygen atoms in total. The summed E-state index contributed by atoms with van der Waals surface area (Å²) in [5.41, 5.74) is 15.9. The van der Waals surface area contributed by atoms with E-state index in [0.717, 1.165) is 0 Å². The number of primary amides is 1. The highest BCUT2D eigenvalue weighted by molar-refractivity contribution is 5.90. The van der Waals surface area contributed by atoms with E-state index in [1.165, 1.54) is 0 Å². The molecule has 0 aliphatic carbocycles. The van der Waals surface area contributed by atoms with Crippen LogP contribution in [0.5, 0.6) is 0 Å². The Morgan fingerprint density at radius 1 is 1.06 bits per heavy atom. The van der Waals surface area contributed by atoms with Crippen LogP contribution in [0.3, 0.4) is 0 Å². The van der Waals surface area contributed by atoms with Crippen molar-refractivity contribution in [2.75, 3.05) is 0 Å².